The monoisotopic (exact) mass is 332 g/mol. The van der Waals surface area contributed by atoms with E-state index in [0.717, 1.165) is 0 Å². The molecule has 0 spiro atoms. The van der Waals surface area contributed by atoms with Crippen molar-refractivity contribution in [3.8, 4) is 0 Å². The number of nitrogens with one attached hydrogen (secondary N) is 1. The van der Waals surface area contributed by atoms with Crippen LogP contribution in [0.1, 0.15) is 38.5 Å². The molecule has 1 aliphatic heterocycles. The Balaban J connectivity index is 1.84. The zero-order chi connectivity index (χ0) is 16.3. The van der Waals surface area contributed by atoms with E-state index >= 15 is 0 Å². The van der Waals surface area contributed by atoms with Crippen LogP contribution in [0.25, 0.3) is 0 Å². The molecule has 0 unspecified atom stereocenters. The highest BCUT2D eigenvalue weighted by molar-refractivity contribution is 7.88. The minimum absolute atomic E-state index is 0.0108. The molecule has 2 fully saturated rings. The minimum Gasteiger partial charge on any atom is -0.481 e. The summed E-state index contributed by atoms with van der Waals surface area (Å²) in [6, 6.07) is 0.0108. The average Bonchev–Trinajstić information content (AvgIpc) is 2.47. The van der Waals surface area contributed by atoms with Crippen molar-refractivity contribution in [1.82, 2.24) is 9.62 Å². The van der Waals surface area contributed by atoms with Crippen molar-refractivity contribution in [3.63, 3.8) is 0 Å². The molecule has 2 aliphatic rings. The van der Waals surface area contributed by atoms with Gasteiger partial charge in [0.15, 0.2) is 0 Å². The van der Waals surface area contributed by atoms with Crippen molar-refractivity contribution < 1.29 is 23.1 Å². The Bertz CT molecular complexity index is 525. The number of carbonyl (C=O) groups excluding carboxylic acids is 1. The predicted octanol–water partition coefficient (Wildman–Crippen LogP) is 0.418. The van der Waals surface area contributed by atoms with Gasteiger partial charge in [-0.25, -0.2) is 12.7 Å². The first-order valence-electron chi connectivity index (χ1n) is 7.75. The van der Waals surface area contributed by atoms with E-state index in [1.807, 2.05) is 0 Å². The highest BCUT2D eigenvalue weighted by Gasteiger charge is 2.32. The van der Waals surface area contributed by atoms with Gasteiger partial charge in [0.25, 0.3) is 0 Å². The Labute approximate surface area is 131 Å². The van der Waals surface area contributed by atoms with Crippen LogP contribution in [0, 0.1) is 11.8 Å². The molecule has 0 aromatic rings. The van der Waals surface area contributed by atoms with E-state index in [1.165, 1.54) is 10.6 Å². The van der Waals surface area contributed by atoms with Gasteiger partial charge in [-0.3, -0.25) is 9.59 Å². The number of rotatable bonds is 4. The smallest absolute Gasteiger partial charge is 0.306 e. The largest absolute Gasteiger partial charge is 0.481 e. The predicted molar refractivity (Wildman–Crippen MR) is 80.7 cm³/mol. The molecule has 0 aromatic carbocycles. The number of carbonyl (C=O) groups is 2. The summed E-state index contributed by atoms with van der Waals surface area (Å²) in [6.45, 7) is 0.724. The SMILES string of the molecule is CS(=O)(=O)N1CCC[C@H](C(=O)NC2CCC(C(=O)O)CC2)C1. The molecule has 0 aromatic heterocycles. The van der Waals surface area contributed by atoms with Crippen LogP contribution >= 0.6 is 0 Å². The molecule has 0 bridgehead atoms. The van der Waals surface area contributed by atoms with Crippen LogP contribution in [0.5, 0.6) is 0 Å². The molecule has 1 saturated heterocycles. The van der Waals surface area contributed by atoms with Crippen molar-refractivity contribution >= 4 is 21.9 Å². The van der Waals surface area contributed by atoms with Gasteiger partial charge in [0.1, 0.15) is 0 Å². The molecular weight excluding hydrogens is 308 g/mol. The Morgan fingerprint density at radius 2 is 1.73 bits per heavy atom. The van der Waals surface area contributed by atoms with Gasteiger partial charge in [0.2, 0.25) is 15.9 Å². The topological polar surface area (TPSA) is 104 Å². The number of carboxylic acids is 1. The van der Waals surface area contributed by atoms with Crippen LogP contribution in [-0.2, 0) is 19.6 Å². The maximum Gasteiger partial charge on any atom is 0.306 e. The molecular formula is C14H24N2O5S. The molecule has 0 radical (unpaired) electrons. The van der Waals surface area contributed by atoms with E-state index in [4.69, 9.17) is 5.11 Å². The van der Waals surface area contributed by atoms with Crippen molar-refractivity contribution in [2.24, 2.45) is 11.8 Å². The number of sulfonamides is 1. The summed E-state index contributed by atoms with van der Waals surface area (Å²) in [5.41, 5.74) is 0. The summed E-state index contributed by atoms with van der Waals surface area (Å²) in [5, 5.41) is 11.9. The van der Waals surface area contributed by atoms with E-state index in [2.05, 4.69) is 5.32 Å². The van der Waals surface area contributed by atoms with Crippen LogP contribution in [0.2, 0.25) is 0 Å². The molecule has 126 valence electrons. The maximum atomic E-state index is 12.3. The number of nitrogens with zero attached hydrogens (tertiary/aromatic N) is 1. The second-order valence-electron chi connectivity index (χ2n) is 6.36. The van der Waals surface area contributed by atoms with Gasteiger partial charge >= 0.3 is 5.97 Å². The minimum atomic E-state index is -3.25. The van der Waals surface area contributed by atoms with Gasteiger partial charge in [0, 0.05) is 19.1 Å². The lowest BCUT2D eigenvalue weighted by molar-refractivity contribution is -0.142. The van der Waals surface area contributed by atoms with E-state index in [-0.39, 0.29) is 30.3 Å². The van der Waals surface area contributed by atoms with Gasteiger partial charge in [-0.15, -0.1) is 0 Å². The molecule has 22 heavy (non-hydrogen) atoms. The molecule has 7 nitrogen and oxygen atoms in total. The highest BCUT2D eigenvalue weighted by Crippen LogP contribution is 2.25. The van der Waals surface area contributed by atoms with Gasteiger partial charge in [-0.05, 0) is 38.5 Å². The number of piperidine rings is 1. The van der Waals surface area contributed by atoms with Crippen molar-refractivity contribution in [2.45, 2.75) is 44.6 Å². The third-order valence-corrected chi connectivity index (χ3v) is 5.92. The number of aliphatic carboxylic acids is 1. The van der Waals surface area contributed by atoms with E-state index in [0.29, 0.717) is 45.1 Å². The lowest BCUT2D eigenvalue weighted by Crippen LogP contribution is -2.48. The lowest BCUT2D eigenvalue weighted by atomic mass is 9.85. The molecule has 1 aliphatic carbocycles. The Morgan fingerprint density at radius 3 is 2.27 bits per heavy atom. The van der Waals surface area contributed by atoms with Crippen molar-refractivity contribution in [1.29, 1.82) is 0 Å². The fourth-order valence-electron chi connectivity index (χ4n) is 3.26. The molecule has 1 saturated carbocycles. The van der Waals surface area contributed by atoms with Crippen LogP contribution < -0.4 is 5.32 Å². The maximum absolute atomic E-state index is 12.3. The molecule has 8 heteroatoms. The molecule has 2 rings (SSSR count). The molecule has 2 N–H and O–H groups in total. The first-order valence-corrected chi connectivity index (χ1v) is 9.60. The van der Waals surface area contributed by atoms with E-state index in [9.17, 15) is 18.0 Å². The summed E-state index contributed by atoms with van der Waals surface area (Å²) in [6.07, 6.45) is 5.07. The van der Waals surface area contributed by atoms with Crippen LogP contribution in [-0.4, -0.2) is 55.1 Å². The second kappa shape index (κ2) is 6.95. The quantitative estimate of drug-likeness (QED) is 0.776. The van der Waals surface area contributed by atoms with Crippen molar-refractivity contribution in [2.75, 3.05) is 19.3 Å². The standard InChI is InChI=1S/C14H24N2O5S/c1-22(20,21)16-8-2-3-11(9-16)13(17)15-12-6-4-10(5-7-12)14(18)19/h10-12H,2-9H2,1H3,(H,15,17)(H,18,19)/t10?,11-,12?/m0/s1. The Hall–Kier alpha value is -1.15. The lowest BCUT2D eigenvalue weighted by Gasteiger charge is -2.32. The van der Waals surface area contributed by atoms with Gasteiger partial charge in [-0.1, -0.05) is 0 Å². The zero-order valence-electron chi connectivity index (χ0n) is 12.8. The third kappa shape index (κ3) is 4.42. The first-order chi connectivity index (χ1) is 10.3. The molecule has 1 amide bonds. The number of carboxylic acid groups (broad SMARTS) is 1. The average molecular weight is 332 g/mol. The normalized spacial score (nSPS) is 30.7. The Kier molecular flexibility index (Phi) is 5.44. The summed E-state index contributed by atoms with van der Waals surface area (Å²) >= 11 is 0. The van der Waals surface area contributed by atoms with Crippen LogP contribution in [0.3, 0.4) is 0 Å². The summed E-state index contributed by atoms with van der Waals surface area (Å²) < 4.78 is 24.5. The second-order valence-corrected chi connectivity index (χ2v) is 8.34. The van der Waals surface area contributed by atoms with Crippen LogP contribution in [0.15, 0.2) is 0 Å². The number of amides is 1. The summed E-state index contributed by atoms with van der Waals surface area (Å²) in [4.78, 5) is 23.2. The number of hydrogen-bond acceptors (Lipinski definition) is 4. The van der Waals surface area contributed by atoms with Gasteiger partial charge < -0.3 is 10.4 Å². The van der Waals surface area contributed by atoms with Gasteiger partial charge in [0.05, 0.1) is 18.1 Å². The number of hydrogen-bond donors (Lipinski definition) is 2. The Morgan fingerprint density at radius 1 is 1.09 bits per heavy atom. The fraction of sp³-hybridized carbons (Fsp3) is 0.857. The van der Waals surface area contributed by atoms with Crippen LogP contribution in [0.4, 0.5) is 0 Å². The third-order valence-electron chi connectivity index (χ3n) is 4.65. The molecule has 1 atom stereocenters. The highest BCUT2D eigenvalue weighted by atomic mass is 32.2. The van der Waals surface area contributed by atoms with E-state index < -0.39 is 16.0 Å². The van der Waals surface area contributed by atoms with Crippen molar-refractivity contribution in [3.05, 3.63) is 0 Å². The van der Waals surface area contributed by atoms with E-state index in [1.54, 1.807) is 0 Å². The summed E-state index contributed by atoms with van der Waals surface area (Å²) in [5.74, 6) is -1.47. The zero-order valence-corrected chi connectivity index (χ0v) is 13.6. The van der Waals surface area contributed by atoms with Gasteiger partial charge in [-0.2, -0.15) is 0 Å². The molecule has 1 heterocycles. The summed E-state index contributed by atoms with van der Waals surface area (Å²) in [7, 11) is -3.25. The first kappa shape index (κ1) is 17.2. The fourth-order valence-corrected chi connectivity index (χ4v) is 4.17.